The van der Waals surface area contributed by atoms with Crippen LogP contribution in [-0.4, -0.2) is 23.6 Å². The summed E-state index contributed by atoms with van der Waals surface area (Å²) in [5.74, 6) is -0.927. The Bertz CT molecular complexity index is 411. The Morgan fingerprint density at radius 1 is 1.65 bits per heavy atom. The van der Waals surface area contributed by atoms with Crippen molar-refractivity contribution in [3.8, 4) is 0 Å². The summed E-state index contributed by atoms with van der Waals surface area (Å²) in [6, 6.07) is 1.45. The molecule has 1 fully saturated rings. The van der Waals surface area contributed by atoms with Gasteiger partial charge in [0.1, 0.15) is 0 Å². The lowest BCUT2D eigenvalue weighted by Crippen LogP contribution is -2.36. The number of carbonyl (C=O) groups excluding carboxylic acids is 1. The molecule has 17 heavy (non-hydrogen) atoms. The normalized spacial score (nSPS) is 24.4. The fourth-order valence-electron chi connectivity index (χ4n) is 1.97. The highest BCUT2D eigenvalue weighted by Gasteiger charge is 2.28. The van der Waals surface area contributed by atoms with Crippen molar-refractivity contribution in [1.82, 2.24) is 4.98 Å². The van der Waals surface area contributed by atoms with Gasteiger partial charge in [-0.15, -0.1) is 0 Å². The standard InChI is InChI=1S/C12H15FN2O2/c1-8-9(3-2-6-17-8)12(16)15-11-4-5-14-7-10(11)13/h4-5,7-9H,2-3,6H2,1H3,(H,14,15,16)/t8-,9+/m0/s1. The molecule has 0 unspecified atom stereocenters. The van der Waals surface area contributed by atoms with E-state index in [1.165, 1.54) is 12.3 Å². The Hall–Kier alpha value is -1.49. The number of anilines is 1. The molecule has 1 N–H and O–H groups in total. The van der Waals surface area contributed by atoms with Crippen molar-refractivity contribution in [3.05, 3.63) is 24.3 Å². The first-order valence-electron chi connectivity index (χ1n) is 5.70. The first kappa shape index (κ1) is 12.0. The molecule has 2 atom stereocenters. The molecule has 0 aromatic carbocycles. The highest BCUT2D eigenvalue weighted by Crippen LogP contribution is 2.22. The van der Waals surface area contributed by atoms with Gasteiger partial charge in [0, 0.05) is 12.8 Å². The smallest absolute Gasteiger partial charge is 0.230 e. The number of carbonyl (C=O) groups is 1. The molecular formula is C12H15FN2O2. The van der Waals surface area contributed by atoms with Crippen LogP contribution in [0.2, 0.25) is 0 Å². The van der Waals surface area contributed by atoms with E-state index in [0.29, 0.717) is 6.61 Å². The van der Waals surface area contributed by atoms with Crippen molar-refractivity contribution in [2.45, 2.75) is 25.9 Å². The molecule has 1 aromatic heterocycles. The largest absolute Gasteiger partial charge is 0.378 e. The SMILES string of the molecule is C[C@@H]1OCCC[C@H]1C(=O)Nc1ccncc1F. The van der Waals surface area contributed by atoms with Gasteiger partial charge in [0.05, 0.1) is 23.9 Å². The number of nitrogens with one attached hydrogen (secondary N) is 1. The number of rotatable bonds is 2. The summed E-state index contributed by atoms with van der Waals surface area (Å²) in [4.78, 5) is 15.6. The first-order chi connectivity index (χ1) is 8.18. The fourth-order valence-corrected chi connectivity index (χ4v) is 1.97. The van der Waals surface area contributed by atoms with Crippen LogP contribution in [0, 0.1) is 11.7 Å². The number of halogens is 1. The van der Waals surface area contributed by atoms with E-state index in [9.17, 15) is 9.18 Å². The van der Waals surface area contributed by atoms with Crippen molar-refractivity contribution < 1.29 is 13.9 Å². The molecule has 2 rings (SSSR count). The topological polar surface area (TPSA) is 51.2 Å². The second-order valence-electron chi connectivity index (χ2n) is 4.17. The molecule has 0 radical (unpaired) electrons. The minimum absolute atomic E-state index is 0.117. The van der Waals surface area contributed by atoms with Crippen molar-refractivity contribution in [1.29, 1.82) is 0 Å². The van der Waals surface area contributed by atoms with Crippen LogP contribution in [0.25, 0.3) is 0 Å². The molecule has 92 valence electrons. The number of hydrogen-bond acceptors (Lipinski definition) is 3. The van der Waals surface area contributed by atoms with Crippen LogP contribution >= 0.6 is 0 Å². The van der Waals surface area contributed by atoms with E-state index in [2.05, 4.69) is 10.3 Å². The number of amides is 1. The molecule has 0 saturated carbocycles. The maximum atomic E-state index is 13.3. The third kappa shape index (κ3) is 2.79. The zero-order valence-electron chi connectivity index (χ0n) is 9.65. The molecule has 2 heterocycles. The summed E-state index contributed by atoms with van der Waals surface area (Å²) in [5.41, 5.74) is 0.169. The monoisotopic (exact) mass is 238 g/mol. The maximum absolute atomic E-state index is 13.3. The summed E-state index contributed by atoms with van der Waals surface area (Å²) in [7, 11) is 0. The molecule has 0 aliphatic carbocycles. The Labute approximate surface area is 99.2 Å². The Morgan fingerprint density at radius 3 is 3.18 bits per heavy atom. The summed E-state index contributed by atoms with van der Waals surface area (Å²) in [5, 5.41) is 2.58. The molecule has 5 heteroatoms. The van der Waals surface area contributed by atoms with Crippen LogP contribution < -0.4 is 5.32 Å². The zero-order valence-corrected chi connectivity index (χ0v) is 9.65. The Balaban J connectivity index is 2.03. The van der Waals surface area contributed by atoms with E-state index in [1.54, 1.807) is 0 Å². The second kappa shape index (κ2) is 5.23. The van der Waals surface area contributed by atoms with E-state index in [0.717, 1.165) is 19.0 Å². The predicted molar refractivity (Wildman–Crippen MR) is 61.0 cm³/mol. The number of nitrogens with zero attached hydrogens (tertiary/aromatic N) is 1. The van der Waals surface area contributed by atoms with Gasteiger partial charge in [-0.2, -0.15) is 0 Å². The van der Waals surface area contributed by atoms with Gasteiger partial charge in [-0.25, -0.2) is 4.39 Å². The van der Waals surface area contributed by atoms with Gasteiger partial charge in [-0.1, -0.05) is 0 Å². The lowest BCUT2D eigenvalue weighted by atomic mass is 9.94. The molecule has 0 spiro atoms. The Morgan fingerprint density at radius 2 is 2.47 bits per heavy atom. The minimum atomic E-state index is -0.523. The van der Waals surface area contributed by atoms with Gasteiger partial charge in [-0.05, 0) is 25.8 Å². The van der Waals surface area contributed by atoms with Gasteiger partial charge in [-0.3, -0.25) is 9.78 Å². The average molecular weight is 238 g/mol. The molecule has 1 aliphatic rings. The molecule has 1 aliphatic heterocycles. The van der Waals surface area contributed by atoms with E-state index < -0.39 is 5.82 Å². The lowest BCUT2D eigenvalue weighted by Gasteiger charge is -2.28. The first-order valence-corrected chi connectivity index (χ1v) is 5.70. The van der Waals surface area contributed by atoms with Gasteiger partial charge >= 0.3 is 0 Å². The van der Waals surface area contributed by atoms with Crippen LogP contribution in [0.5, 0.6) is 0 Å². The average Bonchev–Trinajstić information content (AvgIpc) is 2.32. The number of ether oxygens (including phenoxy) is 1. The van der Waals surface area contributed by atoms with Crippen molar-refractivity contribution >= 4 is 11.6 Å². The van der Waals surface area contributed by atoms with Gasteiger partial charge in [0.2, 0.25) is 5.91 Å². The fraction of sp³-hybridized carbons (Fsp3) is 0.500. The highest BCUT2D eigenvalue weighted by molar-refractivity contribution is 5.93. The number of aromatic nitrogens is 1. The molecule has 4 nitrogen and oxygen atoms in total. The quantitative estimate of drug-likeness (QED) is 0.857. The zero-order chi connectivity index (χ0) is 12.3. The predicted octanol–water partition coefficient (Wildman–Crippen LogP) is 1.97. The summed E-state index contributed by atoms with van der Waals surface area (Å²) >= 11 is 0. The summed E-state index contributed by atoms with van der Waals surface area (Å²) < 4.78 is 18.7. The van der Waals surface area contributed by atoms with Crippen LogP contribution in [0.1, 0.15) is 19.8 Å². The van der Waals surface area contributed by atoms with Crippen molar-refractivity contribution in [3.63, 3.8) is 0 Å². The second-order valence-corrected chi connectivity index (χ2v) is 4.17. The maximum Gasteiger partial charge on any atom is 0.230 e. The molecule has 0 bridgehead atoms. The number of pyridine rings is 1. The van der Waals surface area contributed by atoms with Crippen LogP contribution in [0.3, 0.4) is 0 Å². The van der Waals surface area contributed by atoms with Crippen molar-refractivity contribution in [2.24, 2.45) is 5.92 Å². The van der Waals surface area contributed by atoms with E-state index in [4.69, 9.17) is 4.74 Å². The van der Waals surface area contributed by atoms with Crippen molar-refractivity contribution in [2.75, 3.05) is 11.9 Å². The van der Waals surface area contributed by atoms with Crippen LogP contribution in [0.4, 0.5) is 10.1 Å². The Kier molecular flexibility index (Phi) is 3.68. The lowest BCUT2D eigenvalue weighted by molar-refractivity contribution is -0.127. The number of hydrogen-bond donors (Lipinski definition) is 1. The van der Waals surface area contributed by atoms with Gasteiger partial charge in [0.15, 0.2) is 5.82 Å². The van der Waals surface area contributed by atoms with E-state index in [-0.39, 0.29) is 23.6 Å². The highest BCUT2D eigenvalue weighted by atomic mass is 19.1. The van der Waals surface area contributed by atoms with Crippen LogP contribution in [-0.2, 0) is 9.53 Å². The van der Waals surface area contributed by atoms with E-state index >= 15 is 0 Å². The third-order valence-corrected chi connectivity index (χ3v) is 2.97. The molecule has 1 saturated heterocycles. The van der Waals surface area contributed by atoms with Crippen LogP contribution in [0.15, 0.2) is 18.5 Å². The summed E-state index contributed by atoms with van der Waals surface area (Å²) in [6.45, 7) is 2.56. The minimum Gasteiger partial charge on any atom is -0.378 e. The molecular weight excluding hydrogens is 223 g/mol. The third-order valence-electron chi connectivity index (χ3n) is 2.97. The molecule has 1 aromatic rings. The molecule has 1 amide bonds. The van der Waals surface area contributed by atoms with Gasteiger partial charge < -0.3 is 10.1 Å². The summed E-state index contributed by atoms with van der Waals surface area (Å²) in [6.07, 6.45) is 4.05. The van der Waals surface area contributed by atoms with E-state index in [1.807, 2.05) is 6.92 Å². The van der Waals surface area contributed by atoms with Gasteiger partial charge in [0.25, 0.3) is 0 Å².